The fourth-order valence-corrected chi connectivity index (χ4v) is 1.23. The van der Waals surface area contributed by atoms with Gasteiger partial charge < -0.3 is 15.7 Å². The van der Waals surface area contributed by atoms with Crippen LogP contribution in [0.3, 0.4) is 0 Å². The fraction of sp³-hybridized carbons (Fsp3) is 0.833. The molecule has 0 rings (SSSR count). The van der Waals surface area contributed by atoms with Crippen LogP contribution >= 0.6 is 0 Å². The average Bonchev–Trinajstić information content (AvgIpc) is 2.26. The monoisotopic (exact) mass is 244 g/mol. The lowest BCUT2D eigenvalue weighted by Gasteiger charge is -2.15. The van der Waals surface area contributed by atoms with E-state index < -0.39 is 6.04 Å². The molecule has 0 aliphatic carbocycles. The molecule has 0 spiro atoms. The summed E-state index contributed by atoms with van der Waals surface area (Å²) in [5.41, 5.74) is 0. The molecule has 0 aromatic rings. The third-order valence-electron chi connectivity index (χ3n) is 2.27. The number of amides is 2. The molecule has 0 heterocycles. The Morgan fingerprint density at radius 3 is 2.35 bits per heavy atom. The van der Waals surface area contributed by atoms with Gasteiger partial charge in [-0.15, -0.1) is 0 Å². The molecule has 2 amide bonds. The van der Waals surface area contributed by atoms with E-state index in [9.17, 15) is 9.59 Å². The fourth-order valence-electron chi connectivity index (χ4n) is 1.23. The van der Waals surface area contributed by atoms with Crippen molar-refractivity contribution in [2.24, 2.45) is 5.92 Å². The van der Waals surface area contributed by atoms with Gasteiger partial charge in [-0.25, -0.2) is 0 Å². The molecule has 0 aliphatic heterocycles. The minimum atomic E-state index is -0.504. The van der Waals surface area contributed by atoms with Crippen molar-refractivity contribution in [2.45, 2.75) is 46.1 Å². The van der Waals surface area contributed by atoms with E-state index in [2.05, 4.69) is 10.6 Å². The van der Waals surface area contributed by atoms with Crippen LogP contribution in [0.5, 0.6) is 0 Å². The zero-order valence-electron chi connectivity index (χ0n) is 11.0. The Hall–Kier alpha value is -1.10. The maximum absolute atomic E-state index is 11.5. The van der Waals surface area contributed by atoms with Gasteiger partial charge in [0.05, 0.1) is 0 Å². The minimum Gasteiger partial charge on any atom is -0.396 e. The number of unbranched alkanes of at least 4 members (excludes halogenated alkanes) is 1. The maximum Gasteiger partial charge on any atom is 0.242 e. The first-order chi connectivity index (χ1) is 7.97. The van der Waals surface area contributed by atoms with Gasteiger partial charge in [-0.1, -0.05) is 13.8 Å². The van der Waals surface area contributed by atoms with Crippen LogP contribution in [0.15, 0.2) is 0 Å². The number of carbonyl (C=O) groups is 2. The summed E-state index contributed by atoms with van der Waals surface area (Å²) >= 11 is 0. The van der Waals surface area contributed by atoms with Crippen LogP contribution in [0.2, 0.25) is 0 Å². The molecule has 1 unspecified atom stereocenters. The second-order valence-corrected chi connectivity index (χ2v) is 4.61. The molecular weight excluding hydrogens is 220 g/mol. The van der Waals surface area contributed by atoms with E-state index in [1.54, 1.807) is 6.92 Å². The van der Waals surface area contributed by atoms with E-state index in [-0.39, 0.29) is 18.4 Å². The Labute approximate surface area is 103 Å². The normalized spacial score (nSPS) is 12.3. The van der Waals surface area contributed by atoms with E-state index in [1.165, 1.54) is 0 Å². The third-order valence-corrected chi connectivity index (χ3v) is 2.27. The van der Waals surface area contributed by atoms with E-state index in [0.29, 0.717) is 31.7 Å². The number of aliphatic hydroxyl groups excluding tert-OH is 1. The van der Waals surface area contributed by atoms with E-state index in [1.807, 2.05) is 13.8 Å². The highest BCUT2D eigenvalue weighted by atomic mass is 16.3. The van der Waals surface area contributed by atoms with Gasteiger partial charge in [0, 0.05) is 19.6 Å². The molecule has 5 nitrogen and oxygen atoms in total. The first-order valence-corrected chi connectivity index (χ1v) is 6.15. The highest BCUT2D eigenvalue weighted by molar-refractivity contribution is 5.87. The molecule has 0 aromatic carbocycles. The lowest BCUT2D eigenvalue weighted by Crippen LogP contribution is -2.45. The number of aliphatic hydroxyl groups is 1. The summed E-state index contributed by atoms with van der Waals surface area (Å²) in [6, 6.07) is -0.504. The number of hydrogen-bond donors (Lipinski definition) is 3. The van der Waals surface area contributed by atoms with Gasteiger partial charge in [-0.05, 0) is 25.7 Å². The smallest absolute Gasteiger partial charge is 0.242 e. The van der Waals surface area contributed by atoms with E-state index in [4.69, 9.17) is 5.11 Å². The molecule has 0 saturated heterocycles. The first kappa shape index (κ1) is 15.9. The first-order valence-electron chi connectivity index (χ1n) is 6.15. The molecule has 100 valence electrons. The lowest BCUT2D eigenvalue weighted by molar-refractivity contribution is -0.128. The van der Waals surface area contributed by atoms with Crippen LogP contribution in [0.25, 0.3) is 0 Å². The lowest BCUT2D eigenvalue weighted by atomic mass is 10.2. The molecular formula is C12H24N2O3. The molecule has 5 heteroatoms. The summed E-state index contributed by atoms with van der Waals surface area (Å²) in [5, 5.41) is 14.0. The van der Waals surface area contributed by atoms with Gasteiger partial charge in [-0.3, -0.25) is 9.59 Å². The number of rotatable bonds is 8. The van der Waals surface area contributed by atoms with Crippen LogP contribution in [-0.2, 0) is 9.59 Å². The summed E-state index contributed by atoms with van der Waals surface area (Å²) in [6.45, 7) is 6.40. The molecule has 0 radical (unpaired) electrons. The molecule has 0 aliphatic rings. The Bertz CT molecular complexity index is 242. The molecule has 0 saturated carbocycles. The van der Waals surface area contributed by atoms with Crippen molar-refractivity contribution in [1.29, 1.82) is 0 Å². The van der Waals surface area contributed by atoms with Gasteiger partial charge in [-0.2, -0.15) is 0 Å². The van der Waals surface area contributed by atoms with Crippen molar-refractivity contribution in [3.8, 4) is 0 Å². The summed E-state index contributed by atoms with van der Waals surface area (Å²) < 4.78 is 0. The summed E-state index contributed by atoms with van der Waals surface area (Å²) in [5.74, 6) is 0.0891. The van der Waals surface area contributed by atoms with Crippen molar-refractivity contribution < 1.29 is 14.7 Å². The quantitative estimate of drug-likeness (QED) is 0.542. The van der Waals surface area contributed by atoms with Gasteiger partial charge >= 0.3 is 0 Å². The largest absolute Gasteiger partial charge is 0.396 e. The number of nitrogens with one attached hydrogen (secondary N) is 2. The summed E-state index contributed by atoms with van der Waals surface area (Å²) in [4.78, 5) is 22.9. The van der Waals surface area contributed by atoms with E-state index in [0.717, 1.165) is 0 Å². The number of hydrogen-bond acceptors (Lipinski definition) is 3. The minimum absolute atomic E-state index is 0.0949. The highest BCUT2D eigenvalue weighted by Gasteiger charge is 2.14. The van der Waals surface area contributed by atoms with Crippen LogP contribution in [-0.4, -0.2) is 36.1 Å². The third kappa shape index (κ3) is 8.68. The summed E-state index contributed by atoms with van der Waals surface area (Å²) in [7, 11) is 0. The maximum atomic E-state index is 11.5. The predicted octanol–water partition coefficient (Wildman–Crippen LogP) is 0.426. The molecule has 3 N–H and O–H groups in total. The van der Waals surface area contributed by atoms with Gasteiger partial charge in [0.25, 0.3) is 0 Å². The van der Waals surface area contributed by atoms with Crippen LogP contribution < -0.4 is 10.6 Å². The SMILES string of the molecule is CC(C)CNC(=O)C(C)NC(=O)CCCCO. The molecule has 1 atom stereocenters. The number of carbonyl (C=O) groups excluding carboxylic acids is 2. The zero-order valence-corrected chi connectivity index (χ0v) is 11.0. The standard InChI is InChI=1S/C12H24N2O3/c1-9(2)8-13-12(17)10(3)14-11(16)6-4-5-7-15/h9-10,15H,4-8H2,1-3H3,(H,13,17)(H,14,16). The molecule has 0 bridgehead atoms. The van der Waals surface area contributed by atoms with Crippen LogP contribution in [0.4, 0.5) is 0 Å². The Morgan fingerprint density at radius 1 is 1.18 bits per heavy atom. The average molecular weight is 244 g/mol. The van der Waals surface area contributed by atoms with Crippen molar-refractivity contribution in [2.75, 3.05) is 13.2 Å². The van der Waals surface area contributed by atoms with E-state index >= 15 is 0 Å². The Balaban J connectivity index is 3.78. The van der Waals surface area contributed by atoms with Crippen molar-refractivity contribution in [3.63, 3.8) is 0 Å². The van der Waals surface area contributed by atoms with Crippen LogP contribution in [0.1, 0.15) is 40.0 Å². The molecule has 0 aromatic heterocycles. The van der Waals surface area contributed by atoms with Gasteiger partial charge in [0.1, 0.15) is 6.04 Å². The van der Waals surface area contributed by atoms with Crippen molar-refractivity contribution in [1.82, 2.24) is 10.6 Å². The topological polar surface area (TPSA) is 78.4 Å². The predicted molar refractivity (Wildman–Crippen MR) is 66.4 cm³/mol. The molecule has 17 heavy (non-hydrogen) atoms. The summed E-state index contributed by atoms with van der Waals surface area (Å²) in [6.07, 6.45) is 1.60. The van der Waals surface area contributed by atoms with Crippen molar-refractivity contribution >= 4 is 11.8 Å². The Morgan fingerprint density at radius 2 is 1.82 bits per heavy atom. The Kier molecular flexibility index (Phi) is 8.40. The second kappa shape index (κ2) is 8.98. The van der Waals surface area contributed by atoms with Crippen molar-refractivity contribution in [3.05, 3.63) is 0 Å². The van der Waals surface area contributed by atoms with Crippen LogP contribution in [0, 0.1) is 5.92 Å². The highest BCUT2D eigenvalue weighted by Crippen LogP contribution is 1.95. The molecule has 0 fully saturated rings. The van der Waals surface area contributed by atoms with Gasteiger partial charge in [0.15, 0.2) is 0 Å². The van der Waals surface area contributed by atoms with Gasteiger partial charge in [0.2, 0.25) is 11.8 Å². The second-order valence-electron chi connectivity index (χ2n) is 4.61. The zero-order chi connectivity index (χ0) is 13.3.